The molecule has 0 spiro atoms. The van der Waals surface area contributed by atoms with Gasteiger partial charge >= 0.3 is 0 Å². The Hall–Kier alpha value is 0.140. The van der Waals surface area contributed by atoms with Crippen molar-refractivity contribution in [2.24, 2.45) is 5.92 Å². The van der Waals surface area contributed by atoms with E-state index in [1.165, 1.54) is 0 Å². The van der Waals surface area contributed by atoms with Crippen LogP contribution in [0.25, 0.3) is 0 Å². The first-order valence-corrected chi connectivity index (χ1v) is 6.27. The Balaban J connectivity index is 2.94. The molecule has 78 valence electrons. The minimum absolute atomic E-state index is 0.288. The smallest absolute Gasteiger partial charge is 0.0816 e. The van der Waals surface area contributed by atoms with Gasteiger partial charge in [-0.1, -0.05) is 52.1 Å². The van der Waals surface area contributed by atoms with E-state index in [9.17, 15) is 5.11 Å². The zero-order chi connectivity index (χ0) is 10.7. The number of rotatable bonds is 3. The average molecular weight is 322 g/mol. The van der Waals surface area contributed by atoms with Gasteiger partial charge in [-0.15, -0.1) is 0 Å². The van der Waals surface area contributed by atoms with Gasteiger partial charge in [-0.25, -0.2) is 0 Å². The normalized spacial score (nSPS) is 15.2. The summed E-state index contributed by atoms with van der Waals surface area (Å²) in [5, 5.41) is 10.00. The van der Waals surface area contributed by atoms with Crippen molar-refractivity contribution < 1.29 is 5.11 Å². The lowest BCUT2D eigenvalue weighted by atomic mass is 9.95. The lowest BCUT2D eigenvalue weighted by Gasteiger charge is -2.18. The Morgan fingerprint density at radius 1 is 1.21 bits per heavy atom. The molecule has 1 rings (SSSR count). The van der Waals surface area contributed by atoms with Crippen LogP contribution in [-0.2, 0) is 0 Å². The average Bonchev–Trinajstić information content (AvgIpc) is 2.14. The highest BCUT2D eigenvalue weighted by Crippen LogP contribution is 2.29. The Bertz CT molecular complexity index is 292. The molecule has 0 heterocycles. The van der Waals surface area contributed by atoms with Gasteiger partial charge in [0.15, 0.2) is 0 Å². The number of hydrogen-bond donors (Lipinski definition) is 1. The Labute approximate surface area is 102 Å². The summed E-state index contributed by atoms with van der Waals surface area (Å²) in [5.41, 5.74) is 0.959. The van der Waals surface area contributed by atoms with Crippen molar-refractivity contribution in [2.45, 2.75) is 26.4 Å². The van der Waals surface area contributed by atoms with Gasteiger partial charge in [0.1, 0.15) is 0 Å². The van der Waals surface area contributed by atoms with E-state index in [-0.39, 0.29) is 12.0 Å². The maximum absolute atomic E-state index is 10.00. The molecule has 14 heavy (non-hydrogen) atoms. The molecule has 0 aliphatic heterocycles. The van der Waals surface area contributed by atoms with Crippen LogP contribution in [0.1, 0.15) is 31.9 Å². The van der Waals surface area contributed by atoms with Crippen LogP contribution < -0.4 is 0 Å². The van der Waals surface area contributed by atoms with Crippen molar-refractivity contribution in [1.82, 2.24) is 0 Å². The fourth-order valence-electron chi connectivity index (χ4n) is 1.30. The zero-order valence-corrected chi connectivity index (χ0v) is 11.5. The van der Waals surface area contributed by atoms with Crippen LogP contribution in [0.4, 0.5) is 0 Å². The summed E-state index contributed by atoms with van der Waals surface area (Å²) in [6.45, 7) is 4.14. The molecule has 0 fully saturated rings. The standard InChI is InChI=1S/C11H14Br2O/c1-3-7(2)11(14)8-4-9(12)6-10(13)5-8/h4-7,11,14H,3H2,1-2H3. The van der Waals surface area contributed by atoms with Crippen molar-refractivity contribution in [3.8, 4) is 0 Å². The lowest BCUT2D eigenvalue weighted by molar-refractivity contribution is 0.115. The minimum Gasteiger partial charge on any atom is -0.388 e. The number of benzene rings is 1. The number of aliphatic hydroxyl groups excluding tert-OH is 1. The van der Waals surface area contributed by atoms with Crippen LogP contribution in [0, 0.1) is 5.92 Å². The fraction of sp³-hybridized carbons (Fsp3) is 0.455. The van der Waals surface area contributed by atoms with Crippen LogP contribution in [0.5, 0.6) is 0 Å². The van der Waals surface area contributed by atoms with Crippen molar-refractivity contribution >= 4 is 31.9 Å². The van der Waals surface area contributed by atoms with E-state index in [0.717, 1.165) is 20.9 Å². The molecule has 1 aromatic carbocycles. The lowest BCUT2D eigenvalue weighted by Crippen LogP contribution is -2.07. The maximum atomic E-state index is 10.00. The molecule has 0 aromatic heterocycles. The van der Waals surface area contributed by atoms with Gasteiger partial charge in [0.05, 0.1) is 6.10 Å². The van der Waals surface area contributed by atoms with Gasteiger partial charge in [-0.05, 0) is 29.7 Å². The first-order chi connectivity index (χ1) is 6.54. The van der Waals surface area contributed by atoms with E-state index in [4.69, 9.17) is 0 Å². The predicted octanol–water partition coefficient (Wildman–Crippen LogP) is 4.29. The van der Waals surface area contributed by atoms with Crippen molar-refractivity contribution in [1.29, 1.82) is 0 Å². The van der Waals surface area contributed by atoms with Crippen molar-refractivity contribution in [3.63, 3.8) is 0 Å². The molecule has 1 nitrogen and oxygen atoms in total. The van der Waals surface area contributed by atoms with Crippen molar-refractivity contribution in [2.75, 3.05) is 0 Å². The zero-order valence-electron chi connectivity index (χ0n) is 8.30. The second-order valence-electron chi connectivity index (χ2n) is 3.53. The number of hydrogen-bond acceptors (Lipinski definition) is 1. The highest BCUT2D eigenvalue weighted by Gasteiger charge is 2.15. The van der Waals surface area contributed by atoms with E-state index in [1.54, 1.807) is 0 Å². The van der Waals surface area contributed by atoms with Crippen LogP contribution in [0.3, 0.4) is 0 Å². The monoisotopic (exact) mass is 320 g/mol. The predicted molar refractivity (Wildman–Crippen MR) is 66.3 cm³/mol. The second-order valence-corrected chi connectivity index (χ2v) is 5.36. The molecule has 0 saturated heterocycles. The summed E-state index contributed by atoms with van der Waals surface area (Å²) in [5.74, 6) is 0.288. The van der Waals surface area contributed by atoms with Crippen LogP contribution in [0.2, 0.25) is 0 Å². The largest absolute Gasteiger partial charge is 0.388 e. The van der Waals surface area contributed by atoms with Gasteiger partial charge in [-0.2, -0.15) is 0 Å². The molecule has 0 saturated carbocycles. The fourth-order valence-corrected chi connectivity index (χ4v) is 2.63. The molecular weight excluding hydrogens is 308 g/mol. The van der Waals surface area contributed by atoms with Gasteiger partial charge < -0.3 is 5.11 Å². The highest BCUT2D eigenvalue weighted by atomic mass is 79.9. The summed E-state index contributed by atoms with van der Waals surface area (Å²) in [4.78, 5) is 0. The SMILES string of the molecule is CCC(C)C(O)c1cc(Br)cc(Br)c1. The third kappa shape index (κ3) is 3.07. The number of aliphatic hydroxyl groups is 1. The van der Waals surface area contributed by atoms with Crippen LogP contribution in [-0.4, -0.2) is 5.11 Å². The van der Waals surface area contributed by atoms with Crippen LogP contribution >= 0.6 is 31.9 Å². The Morgan fingerprint density at radius 2 is 1.71 bits per heavy atom. The molecule has 2 unspecified atom stereocenters. The van der Waals surface area contributed by atoms with Gasteiger partial charge in [0, 0.05) is 8.95 Å². The summed E-state index contributed by atoms with van der Waals surface area (Å²) in [7, 11) is 0. The molecule has 3 heteroatoms. The molecule has 2 atom stereocenters. The molecular formula is C11H14Br2O. The summed E-state index contributed by atoms with van der Waals surface area (Å²) < 4.78 is 1.98. The molecule has 0 radical (unpaired) electrons. The van der Waals surface area contributed by atoms with E-state index < -0.39 is 0 Å². The first kappa shape index (κ1) is 12.2. The Kier molecular flexibility index (Phi) is 4.61. The number of halogens is 2. The summed E-state index contributed by atoms with van der Waals surface area (Å²) in [6, 6.07) is 5.88. The van der Waals surface area contributed by atoms with Crippen LogP contribution in [0.15, 0.2) is 27.1 Å². The summed E-state index contributed by atoms with van der Waals surface area (Å²) >= 11 is 6.82. The van der Waals surface area contributed by atoms with Gasteiger partial charge in [0.25, 0.3) is 0 Å². The van der Waals surface area contributed by atoms with Gasteiger partial charge in [-0.3, -0.25) is 0 Å². The van der Waals surface area contributed by atoms with Gasteiger partial charge in [0.2, 0.25) is 0 Å². The Morgan fingerprint density at radius 3 is 2.14 bits per heavy atom. The van der Waals surface area contributed by atoms with E-state index in [1.807, 2.05) is 18.2 Å². The second kappa shape index (κ2) is 5.29. The minimum atomic E-state index is -0.381. The molecule has 1 aromatic rings. The van der Waals surface area contributed by atoms with Crippen molar-refractivity contribution in [3.05, 3.63) is 32.7 Å². The molecule has 0 amide bonds. The topological polar surface area (TPSA) is 20.2 Å². The third-order valence-corrected chi connectivity index (χ3v) is 3.33. The highest BCUT2D eigenvalue weighted by molar-refractivity contribution is 9.11. The molecule has 0 aliphatic rings. The quantitative estimate of drug-likeness (QED) is 0.880. The van der Waals surface area contributed by atoms with E-state index >= 15 is 0 Å². The molecule has 1 N–H and O–H groups in total. The summed E-state index contributed by atoms with van der Waals surface area (Å²) in [6.07, 6.45) is 0.597. The molecule has 0 aliphatic carbocycles. The van der Waals surface area contributed by atoms with E-state index in [0.29, 0.717) is 0 Å². The first-order valence-electron chi connectivity index (χ1n) is 4.68. The molecule has 0 bridgehead atoms. The maximum Gasteiger partial charge on any atom is 0.0816 e. The third-order valence-electron chi connectivity index (χ3n) is 2.41. The van der Waals surface area contributed by atoms with E-state index in [2.05, 4.69) is 45.7 Å².